The van der Waals surface area contributed by atoms with Crippen LogP contribution in [0, 0.1) is 0 Å². The van der Waals surface area contributed by atoms with Crippen molar-refractivity contribution in [3.63, 3.8) is 0 Å². The minimum absolute atomic E-state index is 0.240. The van der Waals surface area contributed by atoms with Gasteiger partial charge in [0.2, 0.25) is 5.91 Å². The van der Waals surface area contributed by atoms with E-state index in [0.717, 1.165) is 5.56 Å². The molecule has 0 aromatic heterocycles. The SMILES string of the molecule is C=CCNC(=O)C(C)N(Cc1ccc(Cl)cc1)C(=O)COc1ccccc1Cl. The molecule has 0 aliphatic heterocycles. The van der Waals surface area contributed by atoms with Crippen LogP contribution in [0.4, 0.5) is 0 Å². The van der Waals surface area contributed by atoms with Crippen LogP contribution in [0.5, 0.6) is 5.75 Å². The molecule has 0 aliphatic carbocycles. The average molecular weight is 421 g/mol. The Morgan fingerprint density at radius 2 is 1.86 bits per heavy atom. The third-order valence-electron chi connectivity index (χ3n) is 4.04. The predicted octanol–water partition coefficient (Wildman–Crippen LogP) is 4.09. The highest BCUT2D eigenvalue weighted by Crippen LogP contribution is 2.23. The van der Waals surface area contributed by atoms with Crippen molar-refractivity contribution in [3.05, 3.63) is 76.8 Å². The first kappa shape index (κ1) is 21.8. The molecule has 0 bridgehead atoms. The second-order valence-corrected chi connectivity index (χ2v) is 6.92. The summed E-state index contributed by atoms with van der Waals surface area (Å²) in [5, 5.41) is 3.72. The van der Waals surface area contributed by atoms with E-state index in [1.807, 2.05) is 12.1 Å². The summed E-state index contributed by atoms with van der Waals surface area (Å²) in [6, 6.07) is 13.3. The van der Waals surface area contributed by atoms with Crippen molar-refractivity contribution < 1.29 is 14.3 Å². The zero-order valence-electron chi connectivity index (χ0n) is 15.5. The summed E-state index contributed by atoms with van der Waals surface area (Å²) in [7, 11) is 0. The van der Waals surface area contributed by atoms with E-state index < -0.39 is 6.04 Å². The first-order chi connectivity index (χ1) is 13.4. The highest BCUT2D eigenvalue weighted by atomic mass is 35.5. The smallest absolute Gasteiger partial charge is 0.261 e. The number of carbonyl (C=O) groups excluding carboxylic acids is 2. The number of halogens is 2. The number of rotatable bonds is 9. The molecule has 5 nitrogen and oxygen atoms in total. The number of nitrogens with zero attached hydrogens (tertiary/aromatic N) is 1. The molecule has 2 aromatic carbocycles. The van der Waals surface area contributed by atoms with E-state index in [4.69, 9.17) is 27.9 Å². The van der Waals surface area contributed by atoms with Gasteiger partial charge in [-0.2, -0.15) is 0 Å². The fourth-order valence-electron chi connectivity index (χ4n) is 2.47. The Morgan fingerprint density at radius 1 is 1.18 bits per heavy atom. The van der Waals surface area contributed by atoms with Gasteiger partial charge in [0.1, 0.15) is 11.8 Å². The van der Waals surface area contributed by atoms with Gasteiger partial charge in [-0.3, -0.25) is 9.59 Å². The minimum atomic E-state index is -0.696. The van der Waals surface area contributed by atoms with E-state index in [0.29, 0.717) is 22.3 Å². The van der Waals surface area contributed by atoms with Crippen molar-refractivity contribution >= 4 is 35.0 Å². The van der Waals surface area contributed by atoms with Gasteiger partial charge in [-0.15, -0.1) is 6.58 Å². The topological polar surface area (TPSA) is 58.6 Å². The fourth-order valence-corrected chi connectivity index (χ4v) is 2.79. The lowest BCUT2D eigenvalue weighted by atomic mass is 10.1. The molecule has 0 heterocycles. The number of nitrogens with one attached hydrogen (secondary N) is 1. The monoisotopic (exact) mass is 420 g/mol. The summed E-state index contributed by atoms with van der Waals surface area (Å²) >= 11 is 12.0. The van der Waals surface area contributed by atoms with E-state index in [1.165, 1.54) is 4.90 Å². The van der Waals surface area contributed by atoms with Crippen LogP contribution >= 0.6 is 23.2 Å². The third-order valence-corrected chi connectivity index (χ3v) is 4.61. The number of ether oxygens (including phenoxy) is 1. The summed E-state index contributed by atoms with van der Waals surface area (Å²) in [6.45, 7) is 5.57. The van der Waals surface area contributed by atoms with Crippen molar-refractivity contribution in [1.29, 1.82) is 0 Å². The molecular formula is C21H22Cl2N2O3. The Balaban J connectivity index is 2.14. The van der Waals surface area contributed by atoms with Crippen LogP contribution in [0.25, 0.3) is 0 Å². The number of carbonyl (C=O) groups is 2. The number of hydrogen-bond acceptors (Lipinski definition) is 3. The highest BCUT2D eigenvalue weighted by Gasteiger charge is 2.26. The Hall–Kier alpha value is -2.50. The second kappa shape index (κ2) is 10.7. The van der Waals surface area contributed by atoms with E-state index in [2.05, 4.69) is 11.9 Å². The lowest BCUT2D eigenvalue weighted by molar-refractivity contribution is -0.142. The largest absolute Gasteiger partial charge is 0.482 e. The summed E-state index contributed by atoms with van der Waals surface area (Å²) < 4.78 is 5.56. The molecule has 1 atom stereocenters. The Labute approximate surface area is 174 Å². The van der Waals surface area contributed by atoms with Gasteiger partial charge in [0.05, 0.1) is 5.02 Å². The molecule has 2 aromatic rings. The molecule has 7 heteroatoms. The Morgan fingerprint density at radius 3 is 2.50 bits per heavy atom. The summed E-state index contributed by atoms with van der Waals surface area (Å²) in [6.07, 6.45) is 1.58. The quantitative estimate of drug-likeness (QED) is 0.621. The first-order valence-electron chi connectivity index (χ1n) is 8.72. The van der Waals surface area contributed by atoms with Gasteiger partial charge in [0.15, 0.2) is 6.61 Å². The zero-order chi connectivity index (χ0) is 20.5. The highest BCUT2D eigenvalue weighted by molar-refractivity contribution is 6.32. The first-order valence-corrected chi connectivity index (χ1v) is 9.47. The van der Waals surface area contributed by atoms with Crippen LogP contribution in [-0.4, -0.2) is 35.9 Å². The van der Waals surface area contributed by atoms with Gasteiger partial charge in [0.25, 0.3) is 5.91 Å². The van der Waals surface area contributed by atoms with Crippen molar-refractivity contribution in [2.75, 3.05) is 13.2 Å². The predicted molar refractivity (Wildman–Crippen MR) is 112 cm³/mol. The average Bonchev–Trinajstić information content (AvgIpc) is 2.70. The van der Waals surface area contributed by atoms with Gasteiger partial charge in [-0.05, 0) is 36.8 Å². The lowest BCUT2D eigenvalue weighted by Crippen LogP contribution is -2.49. The number of para-hydroxylation sites is 1. The van der Waals surface area contributed by atoms with Gasteiger partial charge in [0, 0.05) is 18.1 Å². The van der Waals surface area contributed by atoms with Gasteiger partial charge < -0.3 is 15.0 Å². The maximum atomic E-state index is 12.9. The third kappa shape index (κ3) is 6.29. The van der Waals surface area contributed by atoms with Crippen LogP contribution in [0.3, 0.4) is 0 Å². The standard InChI is InChI=1S/C21H22Cl2N2O3/c1-3-12-24-21(27)15(2)25(13-16-8-10-17(22)11-9-16)20(26)14-28-19-7-5-4-6-18(19)23/h3-11,15H,1,12-14H2,2H3,(H,24,27). The molecule has 0 radical (unpaired) electrons. The zero-order valence-corrected chi connectivity index (χ0v) is 17.0. The van der Waals surface area contributed by atoms with Crippen LogP contribution < -0.4 is 10.1 Å². The van der Waals surface area contributed by atoms with Crippen molar-refractivity contribution in [1.82, 2.24) is 10.2 Å². The minimum Gasteiger partial charge on any atom is -0.482 e. The summed E-state index contributed by atoms with van der Waals surface area (Å²) in [5.41, 5.74) is 0.846. The molecule has 1 N–H and O–H groups in total. The molecule has 0 saturated carbocycles. The Bertz CT molecular complexity index is 825. The van der Waals surface area contributed by atoms with Crippen LogP contribution in [-0.2, 0) is 16.1 Å². The van der Waals surface area contributed by atoms with Crippen LogP contribution in [0.2, 0.25) is 10.0 Å². The lowest BCUT2D eigenvalue weighted by Gasteiger charge is -2.28. The van der Waals surface area contributed by atoms with Gasteiger partial charge in [-0.1, -0.05) is 53.5 Å². The molecule has 0 aliphatic rings. The van der Waals surface area contributed by atoms with Crippen LogP contribution in [0.15, 0.2) is 61.2 Å². The molecule has 148 valence electrons. The molecule has 2 amide bonds. The van der Waals surface area contributed by atoms with Crippen molar-refractivity contribution in [2.24, 2.45) is 0 Å². The van der Waals surface area contributed by atoms with Crippen molar-refractivity contribution in [3.8, 4) is 5.75 Å². The normalized spacial score (nSPS) is 11.4. The molecule has 0 spiro atoms. The van der Waals surface area contributed by atoms with Gasteiger partial charge in [-0.25, -0.2) is 0 Å². The van der Waals surface area contributed by atoms with E-state index in [-0.39, 0.29) is 25.0 Å². The molecule has 0 fully saturated rings. The number of amides is 2. The molecule has 28 heavy (non-hydrogen) atoms. The fraction of sp³-hybridized carbons (Fsp3) is 0.238. The van der Waals surface area contributed by atoms with E-state index in [1.54, 1.807) is 49.4 Å². The van der Waals surface area contributed by atoms with E-state index >= 15 is 0 Å². The molecular weight excluding hydrogens is 399 g/mol. The maximum absolute atomic E-state index is 12.9. The van der Waals surface area contributed by atoms with E-state index in [9.17, 15) is 9.59 Å². The molecule has 0 saturated heterocycles. The summed E-state index contributed by atoms with van der Waals surface area (Å²) in [4.78, 5) is 26.7. The maximum Gasteiger partial charge on any atom is 0.261 e. The van der Waals surface area contributed by atoms with Crippen molar-refractivity contribution in [2.45, 2.75) is 19.5 Å². The number of benzene rings is 2. The Kier molecular flexibility index (Phi) is 8.36. The second-order valence-electron chi connectivity index (χ2n) is 6.08. The molecule has 1 unspecified atom stereocenters. The van der Waals surface area contributed by atoms with Gasteiger partial charge >= 0.3 is 0 Å². The summed E-state index contributed by atoms with van der Waals surface area (Å²) in [5.74, 6) is -0.205. The van der Waals surface area contributed by atoms with Crippen LogP contribution in [0.1, 0.15) is 12.5 Å². The molecule has 2 rings (SSSR count). The number of hydrogen-bond donors (Lipinski definition) is 1.